The van der Waals surface area contributed by atoms with Crippen LogP contribution in [0.2, 0.25) is 0 Å². The van der Waals surface area contributed by atoms with Crippen LogP contribution in [-0.2, 0) is 23.9 Å². The molecule has 0 radical (unpaired) electrons. The smallest absolute Gasteiger partial charge is 0.306 e. The summed E-state index contributed by atoms with van der Waals surface area (Å²) < 4.78 is 4.20. The molecule has 0 unspecified atom stereocenters. The molecule has 0 aliphatic carbocycles. The van der Waals surface area contributed by atoms with Crippen molar-refractivity contribution in [2.24, 2.45) is 0 Å². The highest BCUT2D eigenvalue weighted by Crippen LogP contribution is 1.95. The average molecular weight is 231 g/mol. The highest BCUT2D eigenvalue weighted by molar-refractivity contribution is 6.01. The number of hydrogen-bond acceptors (Lipinski definition) is 5. The number of rotatable bonds is 3. The van der Waals surface area contributed by atoms with E-state index in [1.54, 1.807) is 0 Å². The van der Waals surface area contributed by atoms with Crippen molar-refractivity contribution in [2.75, 3.05) is 7.11 Å². The summed E-state index contributed by atoms with van der Waals surface area (Å²) in [6.45, 7) is 0. The van der Waals surface area contributed by atoms with Gasteiger partial charge in [0.25, 0.3) is 0 Å². The van der Waals surface area contributed by atoms with Gasteiger partial charge in [0, 0.05) is 12.8 Å². The van der Waals surface area contributed by atoms with Crippen LogP contribution in [0.4, 0.5) is 0 Å². The van der Waals surface area contributed by atoms with E-state index in [-0.39, 0.29) is 24.7 Å². The standard InChI is InChI=1S/C5H8O4.C4H5NO2/c1-9-5(8)3-2-4(6)7;6-3-1-2-4(7)5-3/h2-3H2,1H3,(H,6,7);1-2H2,(H,5,6,7). The predicted molar refractivity (Wildman–Crippen MR) is 51.3 cm³/mol. The first kappa shape index (κ1) is 14.1. The number of nitrogens with one attached hydrogen (secondary N) is 1. The van der Waals surface area contributed by atoms with E-state index in [9.17, 15) is 19.2 Å². The second-order valence-electron chi connectivity index (χ2n) is 2.94. The molecular weight excluding hydrogens is 218 g/mol. The highest BCUT2D eigenvalue weighted by Gasteiger charge is 2.15. The second kappa shape index (κ2) is 7.38. The van der Waals surface area contributed by atoms with Crippen molar-refractivity contribution in [1.82, 2.24) is 5.32 Å². The van der Waals surface area contributed by atoms with E-state index in [2.05, 4.69) is 10.1 Å². The van der Waals surface area contributed by atoms with Crippen LogP contribution >= 0.6 is 0 Å². The molecule has 0 aromatic heterocycles. The number of imide groups is 1. The van der Waals surface area contributed by atoms with Crippen LogP contribution in [0.1, 0.15) is 25.7 Å². The van der Waals surface area contributed by atoms with Gasteiger partial charge < -0.3 is 9.84 Å². The molecule has 16 heavy (non-hydrogen) atoms. The Balaban J connectivity index is 0.000000288. The van der Waals surface area contributed by atoms with Crippen LogP contribution in [0.5, 0.6) is 0 Å². The minimum Gasteiger partial charge on any atom is -0.481 e. The first-order valence-electron chi connectivity index (χ1n) is 4.57. The zero-order valence-corrected chi connectivity index (χ0v) is 8.82. The number of carbonyl (C=O) groups is 4. The molecular formula is C9H13NO6. The molecule has 0 aromatic rings. The molecule has 1 fully saturated rings. The van der Waals surface area contributed by atoms with Gasteiger partial charge in [-0.1, -0.05) is 0 Å². The molecule has 7 heteroatoms. The number of ether oxygens (including phenoxy) is 1. The zero-order valence-electron chi connectivity index (χ0n) is 8.82. The van der Waals surface area contributed by atoms with E-state index in [1.165, 1.54) is 7.11 Å². The number of amides is 2. The summed E-state index contributed by atoms with van der Waals surface area (Å²) in [5.74, 6) is -1.77. The van der Waals surface area contributed by atoms with Crippen molar-refractivity contribution in [3.05, 3.63) is 0 Å². The van der Waals surface area contributed by atoms with Gasteiger partial charge >= 0.3 is 11.9 Å². The van der Waals surface area contributed by atoms with E-state index in [1.807, 2.05) is 0 Å². The van der Waals surface area contributed by atoms with Crippen LogP contribution in [-0.4, -0.2) is 36.0 Å². The molecule has 90 valence electrons. The maximum absolute atomic E-state index is 10.2. The Labute approximate surface area is 91.8 Å². The predicted octanol–water partition coefficient (Wildman–Crippen LogP) is -0.553. The van der Waals surface area contributed by atoms with Crippen LogP contribution in [0.3, 0.4) is 0 Å². The van der Waals surface area contributed by atoms with Crippen molar-refractivity contribution in [3.8, 4) is 0 Å². The fraction of sp³-hybridized carbons (Fsp3) is 0.556. The first-order valence-corrected chi connectivity index (χ1v) is 4.57. The van der Waals surface area contributed by atoms with E-state index in [0.717, 1.165) is 0 Å². The summed E-state index contributed by atoms with van der Waals surface area (Å²) >= 11 is 0. The van der Waals surface area contributed by atoms with E-state index < -0.39 is 11.9 Å². The fourth-order valence-corrected chi connectivity index (χ4v) is 0.819. The lowest BCUT2D eigenvalue weighted by Gasteiger charge is -1.92. The summed E-state index contributed by atoms with van der Waals surface area (Å²) in [5.41, 5.74) is 0. The van der Waals surface area contributed by atoms with Gasteiger partial charge in [-0.25, -0.2) is 0 Å². The Kier molecular flexibility index (Phi) is 6.50. The quantitative estimate of drug-likeness (QED) is 0.498. The topological polar surface area (TPSA) is 110 Å². The van der Waals surface area contributed by atoms with Crippen LogP contribution in [0.15, 0.2) is 0 Å². The minimum absolute atomic E-state index is 0.0498. The zero-order chi connectivity index (χ0) is 12.6. The summed E-state index contributed by atoms with van der Waals surface area (Å²) in [5, 5.41) is 10.2. The Morgan fingerprint density at radius 3 is 2.00 bits per heavy atom. The minimum atomic E-state index is -0.986. The van der Waals surface area contributed by atoms with Crippen molar-refractivity contribution >= 4 is 23.8 Å². The number of methoxy groups -OCH3 is 1. The molecule has 0 bridgehead atoms. The molecule has 1 aliphatic rings. The molecule has 0 saturated carbocycles. The number of aliphatic carboxylic acids is 1. The summed E-state index contributed by atoms with van der Waals surface area (Å²) in [6, 6.07) is 0. The Morgan fingerprint density at radius 1 is 1.25 bits per heavy atom. The number of hydrogen-bond donors (Lipinski definition) is 2. The monoisotopic (exact) mass is 231 g/mol. The van der Waals surface area contributed by atoms with Crippen molar-refractivity contribution < 1.29 is 29.0 Å². The van der Waals surface area contributed by atoms with Gasteiger partial charge in [0.2, 0.25) is 11.8 Å². The third-order valence-corrected chi connectivity index (χ3v) is 1.63. The summed E-state index contributed by atoms with van der Waals surface area (Å²) in [4.78, 5) is 40.3. The lowest BCUT2D eigenvalue weighted by Crippen LogP contribution is -2.18. The van der Waals surface area contributed by atoms with Crippen LogP contribution in [0, 0.1) is 0 Å². The maximum Gasteiger partial charge on any atom is 0.306 e. The van der Waals surface area contributed by atoms with Crippen molar-refractivity contribution in [3.63, 3.8) is 0 Å². The normalized spacial score (nSPS) is 13.6. The molecule has 0 spiro atoms. The molecule has 0 aromatic carbocycles. The largest absolute Gasteiger partial charge is 0.481 e. The third kappa shape index (κ3) is 7.48. The first-order chi connectivity index (χ1) is 7.45. The Bertz CT molecular complexity index is 284. The lowest BCUT2D eigenvalue weighted by atomic mass is 10.3. The molecule has 1 aliphatic heterocycles. The van der Waals surface area contributed by atoms with E-state index >= 15 is 0 Å². The number of carboxylic acids is 1. The van der Waals surface area contributed by atoms with Gasteiger partial charge in [-0.05, 0) is 0 Å². The van der Waals surface area contributed by atoms with Gasteiger partial charge in [-0.2, -0.15) is 0 Å². The van der Waals surface area contributed by atoms with Gasteiger partial charge in [0.1, 0.15) is 0 Å². The van der Waals surface area contributed by atoms with Crippen molar-refractivity contribution in [2.45, 2.75) is 25.7 Å². The highest BCUT2D eigenvalue weighted by atomic mass is 16.5. The summed E-state index contributed by atoms with van der Waals surface area (Å²) in [7, 11) is 1.23. The molecule has 2 amide bonds. The van der Waals surface area contributed by atoms with Gasteiger partial charge in [0.05, 0.1) is 20.0 Å². The second-order valence-corrected chi connectivity index (χ2v) is 2.94. The average Bonchev–Trinajstić information content (AvgIpc) is 2.59. The molecule has 7 nitrogen and oxygen atoms in total. The molecule has 1 rings (SSSR count). The molecule has 0 atom stereocenters. The third-order valence-electron chi connectivity index (χ3n) is 1.63. The SMILES string of the molecule is COC(=O)CCC(=O)O.O=C1CCC(=O)N1. The Morgan fingerprint density at radius 2 is 1.75 bits per heavy atom. The Hall–Kier alpha value is -1.92. The van der Waals surface area contributed by atoms with Crippen LogP contribution < -0.4 is 5.32 Å². The number of esters is 1. The van der Waals surface area contributed by atoms with Gasteiger partial charge in [-0.15, -0.1) is 0 Å². The fourth-order valence-electron chi connectivity index (χ4n) is 0.819. The van der Waals surface area contributed by atoms with E-state index in [0.29, 0.717) is 12.8 Å². The van der Waals surface area contributed by atoms with Crippen molar-refractivity contribution in [1.29, 1.82) is 0 Å². The molecule has 1 saturated heterocycles. The lowest BCUT2D eigenvalue weighted by molar-refractivity contribution is -0.145. The molecule has 1 heterocycles. The number of carboxylic acid groups (broad SMARTS) is 1. The molecule has 2 N–H and O–H groups in total. The number of carbonyl (C=O) groups excluding carboxylic acids is 3. The van der Waals surface area contributed by atoms with E-state index in [4.69, 9.17) is 5.11 Å². The maximum atomic E-state index is 10.2. The van der Waals surface area contributed by atoms with Gasteiger partial charge in [0.15, 0.2) is 0 Å². The van der Waals surface area contributed by atoms with Crippen LogP contribution in [0.25, 0.3) is 0 Å². The summed E-state index contributed by atoms with van der Waals surface area (Å²) in [6.07, 6.45) is 0.538. The van der Waals surface area contributed by atoms with Gasteiger partial charge in [-0.3, -0.25) is 24.5 Å².